The molecule has 146 valence electrons. The van der Waals surface area contributed by atoms with E-state index in [0.717, 1.165) is 11.3 Å². The average molecular weight is 412 g/mol. The third kappa shape index (κ3) is 3.50. The van der Waals surface area contributed by atoms with Crippen LogP contribution < -0.4 is 16.0 Å². The Morgan fingerprint density at radius 2 is 1.69 bits per heavy atom. The maximum Gasteiger partial charge on any atom is 0.387 e. The van der Waals surface area contributed by atoms with Crippen LogP contribution in [-0.2, 0) is 0 Å². The maximum atomic E-state index is 13.1. The van der Waals surface area contributed by atoms with Crippen LogP contribution in [0.15, 0.2) is 71.5 Å². The minimum atomic E-state index is -2.94. The summed E-state index contributed by atoms with van der Waals surface area (Å²) in [5.41, 5.74) is 7.12. The Kier molecular flexibility index (Phi) is 4.85. The number of nitrogens with zero attached hydrogens (tertiary/aromatic N) is 1. The number of ketones is 1. The van der Waals surface area contributed by atoms with Crippen molar-refractivity contribution in [3.05, 3.63) is 88.2 Å². The van der Waals surface area contributed by atoms with Gasteiger partial charge < -0.3 is 10.5 Å². The number of para-hydroxylation sites is 1. The standard InChI is InChI=1S/C21H14F2N2O3S/c22-21(23)28-14-8-6-12(7-9-14)18(27)17-15-10-11-16(26)25(20(15)29-19(17)24)13-4-2-1-3-5-13/h1-11,21H,24H2. The first-order chi connectivity index (χ1) is 14.0. The first kappa shape index (κ1) is 18.8. The predicted octanol–water partition coefficient (Wildman–Crippen LogP) is 4.47. The SMILES string of the molecule is Nc1sc2c(ccc(=O)n2-c2ccccc2)c1C(=O)c1ccc(OC(F)F)cc1. The molecule has 0 spiro atoms. The highest BCUT2D eigenvalue weighted by molar-refractivity contribution is 7.22. The van der Waals surface area contributed by atoms with E-state index in [0.29, 0.717) is 15.9 Å². The summed E-state index contributed by atoms with van der Waals surface area (Å²) in [6.45, 7) is -2.94. The molecule has 0 amide bonds. The Morgan fingerprint density at radius 1 is 1.00 bits per heavy atom. The van der Waals surface area contributed by atoms with Gasteiger partial charge in [0.1, 0.15) is 10.6 Å². The average Bonchev–Trinajstić information content (AvgIpc) is 3.04. The van der Waals surface area contributed by atoms with Crippen molar-refractivity contribution in [2.75, 3.05) is 5.73 Å². The normalized spacial score (nSPS) is 11.1. The van der Waals surface area contributed by atoms with Gasteiger partial charge in [-0.1, -0.05) is 29.5 Å². The monoisotopic (exact) mass is 412 g/mol. The Morgan fingerprint density at radius 3 is 2.34 bits per heavy atom. The van der Waals surface area contributed by atoms with Gasteiger partial charge in [-0.2, -0.15) is 8.78 Å². The third-order valence-electron chi connectivity index (χ3n) is 4.35. The summed E-state index contributed by atoms with van der Waals surface area (Å²) >= 11 is 1.14. The number of thiophene rings is 1. The van der Waals surface area contributed by atoms with E-state index in [9.17, 15) is 18.4 Å². The number of carbonyl (C=O) groups is 1. The van der Waals surface area contributed by atoms with Crippen molar-refractivity contribution in [1.82, 2.24) is 4.57 Å². The molecule has 0 atom stereocenters. The summed E-state index contributed by atoms with van der Waals surface area (Å²) in [6, 6.07) is 17.4. The molecule has 4 rings (SSSR count). The van der Waals surface area contributed by atoms with E-state index in [1.165, 1.54) is 34.9 Å². The van der Waals surface area contributed by atoms with Gasteiger partial charge >= 0.3 is 6.61 Å². The number of alkyl halides is 2. The number of aromatic nitrogens is 1. The zero-order valence-corrected chi connectivity index (χ0v) is 15.7. The van der Waals surface area contributed by atoms with Crippen LogP contribution in [0.2, 0.25) is 0 Å². The molecule has 8 heteroatoms. The molecule has 0 bridgehead atoms. The van der Waals surface area contributed by atoms with Crippen molar-refractivity contribution >= 4 is 32.3 Å². The number of carbonyl (C=O) groups excluding carboxylic acids is 1. The summed E-state index contributed by atoms with van der Waals surface area (Å²) in [5.74, 6) is -0.409. The minimum Gasteiger partial charge on any atom is -0.435 e. The van der Waals surface area contributed by atoms with E-state index >= 15 is 0 Å². The molecule has 0 saturated carbocycles. The molecule has 0 radical (unpaired) electrons. The second kappa shape index (κ2) is 7.48. The molecule has 5 nitrogen and oxygen atoms in total. The van der Waals surface area contributed by atoms with E-state index in [1.54, 1.807) is 18.2 Å². The van der Waals surface area contributed by atoms with Gasteiger partial charge in [-0.3, -0.25) is 14.2 Å². The molecule has 0 fully saturated rings. The number of nitrogens with two attached hydrogens (primary N) is 1. The molecule has 0 unspecified atom stereocenters. The molecule has 29 heavy (non-hydrogen) atoms. The number of pyridine rings is 1. The van der Waals surface area contributed by atoms with Crippen molar-refractivity contribution in [2.24, 2.45) is 0 Å². The number of fused-ring (bicyclic) bond motifs is 1. The van der Waals surface area contributed by atoms with Crippen molar-refractivity contribution in [3.63, 3.8) is 0 Å². The summed E-state index contributed by atoms with van der Waals surface area (Å²) in [4.78, 5) is 26.1. The van der Waals surface area contributed by atoms with Crippen molar-refractivity contribution in [3.8, 4) is 11.4 Å². The van der Waals surface area contributed by atoms with Crippen LogP contribution in [0.4, 0.5) is 13.8 Å². The van der Waals surface area contributed by atoms with Gasteiger partial charge in [0.15, 0.2) is 5.78 Å². The number of hydrogen-bond acceptors (Lipinski definition) is 5. The number of benzene rings is 2. The Balaban J connectivity index is 1.82. The maximum absolute atomic E-state index is 13.1. The summed E-state index contributed by atoms with van der Waals surface area (Å²) in [6.07, 6.45) is 0. The number of ether oxygens (including phenoxy) is 1. The Bertz CT molecular complexity index is 1250. The molecule has 4 aromatic rings. The van der Waals surface area contributed by atoms with E-state index < -0.39 is 6.61 Å². The first-order valence-corrected chi connectivity index (χ1v) is 9.36. The highest BCUT2D eigenvalue weighted by atomic mass is 32.1. The smallest absolute Gasteiger partial charge is 0.387 e. The molecule has 2 N–H and O–H groups in total. The molecule has 2 aromatic carbocycles. The van der Waals surface area contributed by atoms with Crippen LogP contribution in [0, 0.1) is 0 Å². The van der Waals surface area contributed by atoms with Crippen molar-refractivity contribution < 1.29 is 18.3 Å². The molecular weight excluding hydrogens is 398 g/mol. The number of anilines is 1. The van der Waals surface area contributed by atoms with Crippen LogP contribution in [0.25, 0.3) is 15.9 Å². The van der Waals surface area contributed by atoms with E-state index in [-0.39, 0.29) is 33.2 Å². The van der Waals surface area contributed by atoms with E-state index in [4.69, 9.17) is 5.73 Å². The Hall–Kier alpha value is -3.52. The number of rotatable bonds is 5. The lowest BCUT2D eigenvalue weighted by atomic mass is 10.0. The fourth-order valence-corrected chi connectivity index (χ4v) is 4.17. The van der Waals surface area contributed by atoms with Gasteiger partial charge in [0.2, 0.25) is 0 Å². The minimum absolute atomic E-state index is 0.0439. The van der Waals surface area contributed by atoms with Gasteiger partial charge in [-0.25, -0.2) is 0 Å². The van der Waals surface area contributed by atoms with Gasteiger partial charge in [0.05, 0.1) is 16.3 Å². The van der Waals surface area contributed by atoms with Crippen LogP contribution in [0.1, 0.15) is 15.9 Å². The van der Waals surface area contributed by atoms with E-state index in [1.807, 2.05) is 18.2 Å². The van der Waals surface area contributed by atoms with Crippen LogP contribution in [0.5, 0.6) is 5.75 Å². The van der Waals surface area contributed by atoms with Gasteiger partial charge in [-0.05, 0) is 42.5 Å². The topological polar surface area (TPSA) is 74.3 Å². The molecule has 2 heterocycles. The number of hydrogen-bond donors (Lipinski definition) is 1. The second-order valence-electron chi connectivity index (χ2n) is 6.13. The molecule has 2 aromatic heterocycles. The highest BCUT2D eigenvalue weighted by Crippen LogP contribution is 2.35. The van der Waals surface area contributed by atoms with Crippen LogP contribution >= 0.6 is 11.3 Å². The summed E-state index contributed by atoms with van der Waals surface area (Å²) in [7, 11) is 0. The quantitative estimate of drug-likeness (QED) is 0.491. The van der Waals surface area contributed by atoms with Gasteiger partial charge in [-0.15, -0.1) is 0 Å². The zero-order chi connectivity index (χ0) is 20.5. The third-order valence-corrected chi connectivity index (χ3v) is 5.37. The lowest BCUT2D eigenvalue weighted by Crippen LogP contribution is -2.16. The van der Waals surface area contributed by atoms with Gasteiger partial charge in [0, 0.05) is 17.0 Å². The summed E-state index contributed by atoms with van der Waals surface area (Å²) < 4.78 is 30.4. The highest BCUT2D eigenvalue weighted by Gasteiger charge is 2.21. The number of halogens is 2. The summed E-state index contributed by atoms with van der Waals surface area (Å²) in [5, 5.41) is 0.821. The largest absolute Gasteiger partial charge is 0.435 e. The number of nitrogen functional groups attached to an aromatic ring is 1. The molecule has 0 aliphatic carbocycles. The molecule has 0 saturated heterocycles. The molecular formula is C21H14F2N2O3S. The fraction of sp³-hybridized carbons (Fsp3) is 0.0476. The fourth-order valence-electron chi connectivity index (χ4n) is 3.09. The Labute approximate surface area is 167 Å². The lowest BCUT2D eigenvalue weighted by molar-refractivity contribution is -0.0498. The zero-order valence-electron chi connectivity index (χ0n) is 14.8. The van der Waals surface area contributed by atoms with Gasteiger partial charge in [0.25, 0.3) is 5.56 Å². The van der Waals surface area contributed by atoms with Crippen LogP contribution in [-0.4, -0.2) is 17.0 Å². The molecule has 0 aliphatic heterocycles. The van der Waals surface area contributed by atoms with E-state index in [2.05, 4.69) is 4.74 Å². The second-order valence-corrected chi connectivity index (χ2v) is 7.17. The van der Waals surface area contributed by atoms with Crippen molar-refractivity contribution in [2.45, 2.75) is 6.61 Å². The lowest BCUT2D eigenvalue weighted by Gasteiger charge is -2.08. The van der Waals surface area contributed by atoms with Crippen LogP contribution in [0.3, 0.4) is 0 Å². The predicted molar refractivity (Wildman–Crippen MR) is 108 cm³/mol. The first-order valence-electron chi connectivity index (χ1n) is 8.54. The molecule has 0 aliphatic rings. The van der Waals surface area contributed by atoms with Crippen molar-refractivity contribution in [1.29, 1.82) is 0 Å².